The average molecular weight is 208 g/mol. The first kappa shape index (κ1) is 10.4. The summed E-state index contributed by atoms with van der Waals surface area (Å²) in [6, 6.07) is 1.46. The Morgan fingerprint density at radius 1 is 1.53 bits per heavy atom. The van der Waals surface area contributed by atoms with Gasteiger partial charge in [-0.25, -0.2) is 4.98 Å². The molecule has 1 aromatic heterocycles. The molecule has 0 aromatic carbocycles. The molecule has 1 N–H and O–H groups in total. The van der Waals surface area contributed by atoms with Crippen LogP contribution in [0.5, 0.6) is 0 Å². The van der Waals surface area contributed by atoms with Crippen molar-refractivity contribution in [3.63, 3.8) is 0 Å². The Kier molecular flexibility index (Phi) is 3.16. The highest BCUT2D eigenvalue weighted by molar-refractivity contribution is 4.83. The first-order valence-electron chi connectivity index (χ1n) is 5.46. The lowest BCUT2D eigenvalue weighted by atomic mass is 10.0. The summed E-state index contributed by atoms with van der Waals surface area (Å²) in [7, 11) is 0. The highest BCUT2D eigenvalue weighted by atomic mass is 16.3. The van der Waals surface area contributed by atoms with E-state index < -0.39 is 0 Å². The Hall–Kier alpha value is -1.16. The van der Waals surface area contributed by atoms with E-state index in [-0.39, 0.29) is 11.7 Å². The second-order valence-corrected chi connectivity index (χ2v) is 4.16. The van der Waals surface area contributed by atoms with Crippen LogP contribution in [0.4, 0.5) is 0 Å². The number of hydrogen-bond donors (Lipinski definition) is 1. The van der Waals surface area contributed by atoms with Crippen LogP contribution < -0.4 is 5.56 Å². The molecule has 0 amide bonds. The molecule has 0 aliphatic heterocycles. The molecule has 0 spiro atoms. The standard InChI is InChI=1S/C11H16N2O2/c14-10-3-1-2-9(10)5-7-13-8-12-6-4-11(13)15/h4,6,8-10,14H,1-3,5,7H2. The van der Waals surface area contributed by atoms with Crippen LogP contribution >= 0.6 is 0 Å². The highest BCUT2D eigenvalue weighted by Crippen LogP contribution is 2.28. The van der Waals surface area contributed by atoms with E-state index in [2.05, 4.69) is 4.98 Å². The maximum atomic E-state index is 11.4. The van der Waals surface area contributed by atoms with Gasteiger partial charge >= 0.3 is 0 Å². The van der Waals surface area contributed by atoms with Crippen LogP contribution in [0.2, 0.25) is 0 Å². The molecule has 1 fully saturated rings. The zero-order chi connectivity index (χ0) is 10.7. The fourth-order valence-electron chi connectivity index (χ4n) is 2.21. The molecule has 15 heavy (non-hydrogen) atoms. The second kappa shape index (κ2) is 4.57. The molecule has 82 valence electrons. The van der Waals surface area contributed by atoms with Crippen LogP contribution in [0.3, 0.4) is 0 Å². The third-order valence-electron chi connectivity index (χ3n) is 3.15. The smallest absolute Gasteiger partial charge is 0.253 e. The highest BCUT2D eigenvalue weighted by Gasteiger charge is 2.24. The van der Waals surface area contributed by atoms with Crippen molar-refractivity contribution >= 4 is 0 Å². The summed E-state index contributed by atoms with van der Waals surface area (Å²) in [6.07, 6.45) is 6.85. The number of aliphatic hydroxyl groups excluding tert-OH is 1. The van der Waals surface area contributed by atoms with Crippen molar-refractivity contribution in [2.24, 2.45) is 5.92 Å². The Bertz CT molecular complexity index is 375. The van der Waals surface area contributed by atoms with Gasteiger partial charge in [-0.1, -0.05) is 6.42 Å². The number of aromatic nitrogens is 2. The molecule has 1 aromatic rings. The topological polar surface area (TPSA) is 55.1 Å². The van der Waals surface area contributed by atoms with E-state index in [4.69, 9.17) is 0 Å². The van der Waals surface area contributed by atoms with Crippen molar-refractivity contribution in [3.05, 3.63) is 28.9 Å². The lowest BCUT2D eigenvalue weighted by Crippen LogP contribution is -2.22. The fourth-order valence-corrected chi connectivity index (χ4v) is 2.21. The number of aliphatic hydroxyl groups is 1. The second-order valence-electron chi connectivity index (χ2n) is 4.16. The van der Waals surface area contributed by atoms with Gasteiger partial charge in [0.25, 0.3) is 5.56 Å². The van der Waals surface area contributed by atoms with Gasteiger partial charge in [0.2, 0.25) is 0 Å². The van der Waals surface area contributed by atoms with E-state index in [1.165, 1.54) is 12.3 Å². The SMILES string of the molecule is O=c1ccncn1CCC1CCCC1O. The minimum atomic E-state index is -0.169. The predicted octanol–water partition coefficient (Wildman–Crippen LogP) is 0.794. The first-order chi connectivity index (χ1) is 7.27. The van der Waals surface area contributed by atoms with Gasteiger partial charge in [0.15, 0.2) is 0 Å². The van der Waals surface area contributed by atoms with Gasteiger partial charge in [-0.3, -0.25) is 9.36 Å². The largest absolute Gasteiger partial charge is 0.393 e. The van der Waals surface area contributed by atoms with Crippen LogP contribution in [0.1, 0.15) is 25.7 Å². The molecule has 1 saturated carbocycles. The van der Waals surface area contributed by atoms with Crippen molar-refractivity contribution in [2.75, 3.05) is 0 Å². The van der Waals surface area contributed by atoms with Crippen LogP contribution in [0, 0.1) is 5.92 Å². The van der Waals surface area contributed by atoms with Gasteiger partial charge in [-0.05, 0) is 25.2 Å². The molecule has 1 aliphatic carbocycles. The average Bonchev–Trinajstić information content (AvgIpc) is 2.63. The molecule has 1 heterocycles. The summed E-state index contributed by atoms with van der Waals surface area (Å²) in [5.41, 5.74) is -0.0162. The maximum Gasteiger partial charge on any atom is 0.253 e. The summed E-state index contributed by atoms with van der Waals surface area (Å²) in [4.78, 5) is 15.3. The Balaban J connectivity index is 1.93. The Morgan fingerprint density at radius 3 is 3.07 bits per heavy atom. The van der Waals surface area contributed by atoms with Crippen LogP contribution in [0.15, 0.2) is 23.4 Å². The lowest BCUT2D eigenvalue weighted by Gasteiger charge is -2.14. The van der Waals surface area contributed by atoms with Gasteiger partial charge in [0.1, 0.15) is 0 Å². The van der Waals surface area contributed by atoms with E-state index in [0.29, 0.717) is 12.5 Å². The molecule has 0 saturated heterocycles. The summed E-state index contributed by atoms with van der Waals surface area (Å²) >= 11 is 0. The summed E-state index contributed by atoms with van der Waals surface area (Å²) in [5.74, 6) is 0.358. The monoisotopic (exact) mass is 208 g/mol. The van der Waals surface area contributed by atoms with Crippen molar-refractivity contribution in [2.45, 2.75) is 38.3 Å². The molecule has 2 atom stereocenters. The van der Waals surface area contributed by atoms with Crippen LogP contribution in [-0.4, -0.2) is 20.8 Å². The van der Waals surface area contributed by atoms with Crippen LogP contribution in [-0.2, 0) is 6.54 Å². The minimum Gasteiger partial charge on any atom is -0.393 e. The number of aryl methyl sites for hydroxylation is 1. The summed E-state index contributed by atoms with van der Waals surface area (Å²) < 4.78 is 1.60. The molecule has 0 radical (unpaired) electrons. The molecule has 1 aliphatic rings. The summed E-state index contributed by atoms with van der Waals surface area (Å²) in [5, 5.41) is 9.63. The van der Waals surface area contributed by atoms with Crippen LogP contribution in [0.25, 0.3) is 0 Å². The zero-order valence-corrected chi connectivity index (χ0v) is 8.67. The molecule has 4 heteroatoms. The van der Waals surface area contributed by atoms with Gasteiger partial charge in [-0.15, -0.1) is 0 Å². The lowest BCUT2D eigenvalue weighted by molar-refractivity contribution is 0.125. The van der Waals surface area contributed by atoms with Gasteiger partial charge in [-0.2, -0.15) is 0 Å². The third-order valence-corrected chi connectivity index (χ3v) is 3.15. The van der Waals surface area contributed by atoms with Gasteiger partial charge in [0.05, 0.1) is 12.4 Å². The molecule has 2 rings (SSSR count). The zero-order valence-electron chi connectivity index (χ0n) is 8.67. The predicted molar refractivity (Wildman–Crippen MR) is 56.5 cm³/mol. The number of hydrogen-bond acceptors (Lipinski definition) is 3. The van der Waals surface area contributed by atoms with Gasteiger partial charge in [0, 0.05) is 18.8 Å². The van der Waals surface area contributed by atoms with E-state index in [9.17, 15) is 9.90 Å². The fraction of sp³-hybridized carbons (Fsp3) is 0.636. The van der Waals surface area contributed by atoms with E-state index in [0.717, 1.165) is 25.7 Å². The molecule has 2 unspecified atom stereocenters. The quantitative estimate of drug-likeness (QED) is 0.799. The van der Waals surface area contributed by atoms with Crippen molar-refractivity contribution in [1.29, 1.82) is 0 Å². The summed E-state index contributed by atoms with van der Waals surface area (Å²) in [6.45, 7) is 0.661. The molecule has 0 bridgehead atoms. The molecule has 4 nitrogen and oxygen atoms in total. The van der Waals surface area contributed by atoms with Crippen molar-refractivity contribution < 1.29 is 5.11 Å². The Labute approximate surface area is 88.6 Å². The van der Waals surface area contributed by atoms with E-state index >= 15 is 0 Å². The van der Waals surface area contributed by atoms with E-state index in [1.54, 1.807) is 10.9 Å². The number of rotatable bonds is 3. The maximum absolute atomic E-state index is 11.4. The van der Waals surface area contributed by atoms with Crippen molar-refractivity contribution in [3.8, 4) is 0 Å². The normalized spacial score (nSPS) is 25.7. The third kappa shape index (κ3) is 2.45. The Morgan fingerprint density at radius 2 is 2.40 bits per heavy atom. The van der Waals surface area contributed by atoms with Crippen molar-refractivity contribution in [1.82, 2.24) is 9.55 Å². The first-order valence-corrected chi connectivity index (χ1v) is 5.46. The van der Waals surface area contributed by atoms with E-state index in [1.807, 2.05) is 0 Å². The minimum absolute atomic E-state index is 0.0162. The molecular formula is C11H16N2O2. The molecular weight excluding hydrogens is 192 g/mol. The number of nitrogens with zero attached hydrogens (tertiary/aromatic N) is 2. The van der Waals surface area contributed by atoms with Gasteiger partial charge < -0.3 is 5.11 Å².